The molecule has 4 aromatic carbocycles. The minimum atomic E-state index is -4.27. The number of aromatic nitrogens is 1. The first-order valence-electron chi connectivity index (χ1n) is 10.1. The molecule has 5 aromatic rings. The number of benzene rings is 4. The zero-order chi connectivity index (χ0) is 23.6. The molecular formula is C26H21NO5S. The molecule has 0 unspecified atom stereocenters. The van der Waals surface area contributed by atoms with E-state index < -0.39 is 10.1 Å². The second-order valence-electron chi connectivity index (χ2n) is 7.56. The average molecular weight is 460 g/mol. The monoisotopic (exact) mass is 459 g/mol. The maximum atomic E-state index is 10.6. The zero-order valence-corrected chi connectivity index (χ0v) is 18.5. The van der Waals surface area contributed by atoms with Gasteiger partial charge in [-0.15, -0.1) is 0 Å². The molecule has 0 aliphatic heterocycles. The SMILES string of the molecule is Cc1ccc(S(=O)(=O)[O-])cc1.Oc1cc(-[n+]2ccc3ccccc3c2)c(O)c2ccccc12. The summed E-state index contributed by atoms with van der Waals surface area (Å²) in [6, 6.07) is 24.7. The molecule has 2 N–H and O–H groups in total. The third-order valence-corrected chi connectivity index (χ3v) is 6.10. The van der Waals surface area contributed by atoms with E-state index in [4.69, 9.17) is 0 Å². The lowest BCUT2D eigenvalue weighted by Gasteiger charge is -2.06. The average Bonchev–Trinajstić information content (AvgIpc) is 2.81. The molecule has 0 saturated heterocycles. The van der Waals surface area contributed by atoms with Crippen molar-refractivity contribution in [3.8, 4) is 17.2 Å². The van der Waals surface area contributed by atoms with Crippen molar-refractivity contribution >= 4 is 31.7 Å². The van der Waals surface area contributed by atoms with Crippen molar-refractivity contribution in [2.75, 3.05) is 0 Å². The molecule has 0 aliphatic rings. The molecule has 33 heavy (non-hydrogen) atoms. The highest BCUT2D eigenvalue weighted by atomic mass is 32.2. The van der Waals surface area contributed by atoms with Gasteiger partial charge in [0.25, 0.3) is 5.69 Å². The summed E-state index contributed by atoms with van der Waals surface area (Å²) < 4.78 is 33.0. The van der Waals surface area contributed by atoms with Gasteiger partial charge < -0.3 is 14.8 Å². The van der Waals surface area contributed by atoms with Gasteiger partial charge in [0.2, 0.25) is 0 Å². The molecule has 0 aliphatic carbocycles. The molecule has 0 saturated carbocycles. The van der Waals surface area contributed by atoms with Crippen LogP contribution >= 0.6 is 0 Å². The molecule has 0 bridgehead atoms. The summed E-state index contributed by atoms with van der Waals surface area (Å²) in [5, 5.41) is 24.3. The number of fused-ring (bicyclic) bond motifs is 2. The summed E-state index contributed by atoms with van der Waals surface area (Å²) in [4.78, 5) is -0.178. The van der Waals surface area contributed by atoms with Gasteiger partial charge in [-0.1, -0.05) is 60.2 Å². The summed E-state index contributed by atoms with van der Waals surface area (Å²) in [6.07, 6.45) is 3.82. The maximum absolute atomic E-state index is 10.6. The van der Waals surface area contributed by atoms with Crippen LogP contribution in [0, 0.1) is 6.92 Å². The van der Waals surface area contributed by atoms with Crippen LogP contribution in [0.4, 0.5) is 0 Å². The van der Waals surface area contributed by atoms with E-state index in [9.17, 15) is 23.2 Å². The molecule has 0 amide bonds. The minimum absolute atomic E-state index is 0.157. The van der Waals surface area contributed by atoms with Crippen LogP contribution in [-0.2, 0) is 10.1 Å². The summed E-state index contributed by atoms with van der Waals surface area (Å²) in [5.41, 5.74) is 1.49. The van der Waals surface area contributed by atoms with Crippen molar-refractivity contribution in [2.24, 2.45) is 0 Å². The van der Waals surface area contributed by atoms with E-state index in [-0.39, 0.29) is 16.4 Å². The van der Waals surface area contributed by atoms with E-state index in [1.807, 2.05) is 66.3 Å². The van der Waals surface area contributed by atoms with Gasteiger partial charge in [0, 0.05) is 22.2 Å². The van der Waals surface area contributed by atoms with Crippen LogP contribution in [0.15, 0.2) is 102 Å². The molecular weight excluding hydrogens is 438 g/mol. The molecule has 1 aromatic heterocycles. The van der Waals surface area contributed by atoms with E-state index >= 15 is 0 Å². The van der Waals surface area contributed by atoms with Gasteiger partial charge in [-0.25, -0.2) is 8.42 Å². The number of aromatic hydroxyl groups is 2. The molecule has 166 valence electrons. The van der Waals surface area contributed by atoms with Crippen LogP contribution in [0.25, 0.3) is 27.2 Å². The standard InChI is InChI=1S/C19H13NO2.C7H8O3S/c21-18-11-17(19(22)16-8-4-3-7-15(16)18)20-10-9-13-5-1-2-6-14(13)12-20;1-6-2-4-7(5-3-6)11(8,9)10/h1-12H,(H-,21,22);2-5H,1H3,(H,8,9,10). The molecule has 7 heteroatoms. The first kappa shape index (κ1) is 22.3. The van der Waals surface area contributed by atoms with Gasteiger partial charge in [0.15, 0.2) is 18.1 Å². The van der Waals surface area contributed by atoms with E-state index in [0.717, 1.165) is 16.3 Å². The third kappa shape index (κ3) is 4.79. The van der Waals surface area contributed by atoms with Gasteiger partial charge >= 0.3 is 0 Å². The minimum Gasteiger partial charge on any atom is -0.744 e. The van der Waals surface area contributed by atoms with Crippen LogP contribution in [0.2, 0.25) is 0 Å². The Hall–Kier alpha value is -3.94. The smallest absolute Gasteiger partial charge is 0.257 e. The Morgan fingerprint density at radius 3 is 2.06 bits per heavy atom. The van der Waals surface area contributed by atoms with Crippen LogP contribution in [0.3, 0.4) is 0 Å². The van der Waals surface area contributed by atoms with E-state index in [1.54, 1.807) is 30.3 Å². The Morgan fingerprint density at radius 2 is 1.39 bits per heavy atom. The first-order valence-corrected chi connectivity index (χ1v) is 11.5. The Bertz CT molecular complexity index is 1560. The van der Waals surface area contributed by atoms with Crippen molar-refractivity contribution in [3.05, 3.63) is 103 Å². The fourth-order valence-corrected chi connectivity index (χ4v) is 3.98. The van der Waals surface area contributed by atoms with E-state index in [0.29, 0.717) is 16.5 Å². The Balaban J connectivity index is 0.000000200. The summed E-state index contributed by atoms with van der Waals surface area (Å²) >= 11 is 0. The normalized spacial score (nSPS) is 11.2. The number of rotatable bonds is 2. The zero-order valence-electron chi connectivity index (χ0n) is 17.7. The highest BCUT2D eigenvalue weighted by molar-refractivity contribution is 7.85. The van der Waals surface area contributed by atoms with Crippen LogP contribution in [-0.4, -0.2) is 23.2 Å². The molecule has 0 atom stereocenters. The lowest BCUT2D eigenvalue weighted by atomic mass is 10.1. The van der Waals surface area contributed by atoms with Crippen LogP contribution < -0.4 is 4.57 Å². The van der Waals surface area contributed by atoms with Crippen molar-refractivity contribution in [1.82, 2.24) is 0 Å². The highest BCUT2D eigenvalue weighted by Gasteiger charge is 2.18. The van der Waals surface area contributed by atoms with Crippen LogP contribution in [0.5, 0.6) is 11.5 Å². The van der Waals surface area contributed by atoms with Gasteiger partial charge in [-0.2, -0.15) is 4.57 Å². The third-order valence-electron chi connectivity index (χ3n) is 5.25. The van der Waals surface area contributed by atoms with Crippen LogP contribution in [0.1, 0.15) is 5.56 Å². The van der Waals surface area contributed by atoms with E-state index in [1.165, 1.54) is 12.1 Å². The number of nitrogens with zero attached hydrogens (tertiary/aromatic N) is 1. The number of pyridine rings is 1. The highest BCUT2D eigenvalue weighted by Crippen LogP contribution is 2.35. The predicted octanol–water partition coefficient (Wildman–Crippen LogP) is 4.58. The van der Waals surface area contributed by atoms with E-state index in [2.05, 4.69) is 0 Å². The molecule has 5 rings (SSSR count). The number of hydrogen-bond acceptors (Lipinski definition) is 5. The molecule has 6 nitrogen and oxygen atoms in total. The summed E-state index contributed by atoms with van der Waals surface area (Å²) in [5.74, 6) is 0.317. The van der Waals surface area contributed by atoms with Crippen molar-refractivity contribution in [1.29, 1.82) is 0 Å². The number of hydrogen-bond donors (Lipinski definition) is 2. The van der Waals surface area contributed by atoms with Crippen molar-refractivity contribution < 1.29 is 27.8 Å². The molecule has 0 spiro atoms. The van der Waals surface area contributed by atoms with Gasteiger partial charge in [0.05, 0.1) is 11.0 Å². The number of phenolic OH excluding ortho intramolecular Hbond substituents is 2. The Kier molecular flexibility index (Phi) is 6.00. The first-order chi connectivity index (χ1) is 15.7. The molecule has 0 fully saturated rings. The molecule has 0 radical (unpaired) electrons. The maximum Gasteiger partial charge on any atom is 0.257 e. The topological polar surface area (TPSA) is 102 Å². The lowest BCUT2D eigenvalue weighted by molar-refractivity contribution is -0.594. The fourth-order valence-electron chi connectivity index (χ4n) is 3.51. The second-order valence-corrected chi connectivity index (χ2v) is 8.94. The Labute approximate surface area is 191 Å². The Morgan fingerprint density at radius 1 is 0.788 bits per heavy atom. The quantitative estimate of drug-likeness (QED) is 0.229. The van der Waals surface area contributed by atoms with Crippen molar-refractivity contribution in [3.63, 3.8) is 0 Å². The van der Waals surface area contributed by atoms with Gasteiger partial charge in [0.1, 0.15) is 15.9 Å². The van der Waals surface area contributed by atoms with Gasteiger partial charge in [-0.05, 0) is 30.5 Å². The number of aryl methyl sites for hydroxylation is 1. The predicted molar refractivity (Wildman–Crippen MR) is 125 cm³/mol. The summed E-state index contributed by atoms with van der Waals surface area (Å²) in [7, 11) is -4.27. The lowest BCUT2D eigenvalue weighted by Crippen LogP contribution is -2.29. The van der Waals surface area contributed by atoms with Crippen molar-refractivity contribution in [2.45, 2.75) is 11.8 Å². The summed E-state index contributed by atoms with van der Waals surface area (Å²) in [6.45, 7) is 1.82. The van der Waals surface area contributed by atoms with Gasteiger partial charge in [-0.3, -0.25) is 0 Å². The number of phenols is 2. The fraction of sp³-hybridized carbons (Fsp3) is 0.0385. The largest absolute Gasteiger partial charge is 0.744 e. The molecule has 1 heterocycles. The second kappa shape index (κ2) is 8.90.